The summed E-state index contributed by atoms with van der Waals surface area (Å²) in [6, 6.07) is 2.26. The molecular weight excluding hydrogens is 293 g/mol. The van der Waals surface area contributed by atoms with Crippen LogP contribution in [0.15, 0.2) is 12.1 Å². The van der Waals surface area contributed by atoms with Crippen LogP contribution in [0.25, 0.3) is 0 Å². The van der Waals surface area contributed by atoms with Crippen LogP contribution in [-0.4, -0.2) is 29.8 Å². The minimum atomic E-state index is -4.37. The monoisotopic (exact) mass is 306 g/mol. The Morgan fingerprint density at radius 3 is 2.43 bits per heavy atom. The van der Waals surface area contributed by atoms with Gasteiger partial charge >= 0.3 is 18.1 Å². The number of anilines is 1. The SMILES string of the molecule is Cc1cc(C(=O)ON)c(NCCC(F)(F)F)cc1C(=O)O. The number of alkyl halides is 3. The summed E-state index contributed by atoms with van der Waals surface area (Å²) in [5.74, 6) is 2.50. The van der Waals surface area contributed by atoms with Crippen molar-refractivity contribution in [3.63, 3.8) is 0 Å². The lowest BCUT2D eigenvalue weighted by Crippen LogP contribution is -2.18. The second-order valence-corrected chi connectivity index (χ2v) is 4.22. The first-order chi connectivity index (χ1) is 9.65. The third kappa shape index (κ3) is 4.63. The van der Waals surface area contributed by atoms with Gasteiger partial charge in [-0.15, -0.1) is 0 Å². The summed E-state index contributed by atoms with van der Waals surface area (Å²) < 4.78 is 36.3. The molecule has 0 aliphatic carbocycles. The molecule has 0 amide bonds. The second kappa shape index (κ2) is 6.44. The van der Waals surface area contributed by atoms with Crippen molar-refractivity contribution in [1.29, 1.82) is 0 Å². The fraction of sp³-hybridized carbons (Fsp3) is 0.333. The van der Waals surface area contributed by atoms with Crippen LogP contribution in [0.4, 0.5) is 18.9 Å². The van der Waals surface area contributed by atoms with Gasteiger partial charge in [0, 0.05) is 12.2 Å². The number of rotatable bonds is 5. The normalized spacial score (nSPS) is 11.1. The Morgan fingerprint density at radius 1 is 1.33 bits per heavy atom. The predicted molar refractivity (Wildman–Crippen MR) is 66.9 cm³/mol. The minimum Gasteiger partial charge on any atom is -0.478 e. The molecule has 0 aliphatic rings. The van der Waals surface area contributed by atoms with Crippen LogP contribution >= 0.6 is 0 Å². The number of carbonyl (C=O) groups excluding carboxylic acids is 1. The van der Waals surface area contributed by atoms with Crippen molar-refractivity contribution in [2.24, 2.45) is 5.90 Å². The zero-order valence-electron chi connectivity index (χ0n) is 11.0. The summed E-state index contributed by atoms with van der Waals surface area (Å²) in [7, 11) is 0. The van der Waals surface area contributed by atoms with Crippen molar-refractivity contribution in [1.82, 2.24) is 0 Å². The van der Waals surface area contributed by atoms with E-state index in [0.717, 1.165) is 6.07 Å². The van der Waals surface area contributed by atoms with E-state index in [2.05, 4.69) is 10.2 Å². The lowest BCUT2D eigenvalue weighted by molar-refractivity contribution is -0.131. The van der Waals surface area contributed by atoms with Crippen LogP contribution in [0.1, 0.15) is 32.7 Å². The molecular formula is C12H13F3N2O4. The molecule has 0 spiro atoms. The Kier molecular flexibility index (Phi) is 5.14. The first-order valence-corrected chi connectivity index (χ1v) is 5.75. The smallest absolute Gasteiger partial charge is 0.390 e. The average Bonchev–Trinajstić information content (AvgIpc) is 2.37. The van der Waals surface area contributed by atoms with Gasteiger partial charge in [-0.1, -0.05) is 0 Å². The summed E-state index contributed by atoms with van der Waals surface area (Å²) in [5.41, 5.74) is -0.109. The third-order valence-electron chi connectivity index (χ3n) is 2.65. The van der Waals surface area contributed by atoms with Crippen LogP contribution in [-0.2, 0) is 4.84 Å². The number of nitrogens with two attached hydrogens (primary N) is 1. The molecule has 1 aromatic carbocycles. The Labute approximate surface area is 117 Å². The first kappa shape index (κ1) is 16.8. The van der Waals surface area contributed by atoms with Gasteiger partial charge in [-0.3, -0.25) is 0 Å². The highest BCUT2D eigenvalue weighted by Crippen LogP contribution is 2.24. The summed E-state index contributed by atoms with van der Waals surface area (Å²) in [6.45, 7) is 0.923. The van der Waals surface area contributed by atoms with Gasteiger partial charge in [-0.2, -0.15) is 19.1 Å². The maximum atomic E-state index is 12.1. The number of aryl methyl sites for hydroxylation is 1. The fourth-order valence-electron chi connectivity index (χ4n) is 1.66. The lowest BCUT2D eigenvalue weighted by Gasteiger charge is -2.14. The average molecular weight is 306 g/mol. The second-order valence-electron chi connectivity index (χ2n) is 4.22. The summed E-state index contributed by atoms with van der Waals surface area (Å²) >= 11 is 0. The number of carboxylic acid groups (broad SMARTS) is 1. The molecule has 0 aromatic heterocycles. The maximum Gasteiger partial charge on any atom is 0.390 e. The zero-order valence-corrected chi connectivity index (χ0v) is 11.0. The number of hydrogen-bond acceptors (Lipinski definition) is 5. The van der Waals surface area contributed by atoms with Gasteiger partial charge in [0.25, 0.3) is 0 Å². The topological polar surface area (TPSA) is 102 Å². The van der Waals surface area contributed by atoms with E-state index in [0.29, 0.717) is 0 Å². The molecule has 0 unspecified atom stereocenters. The predicted octanol–water partition coefficient (Wildman–Crippen LogP) is 2.09. The standard InChI is InChI=1S/C12H13F3N2O4/c1-6-4-8(11(20)21-16)9(5-7(6)10(18)19)17-3-2-12(13,14)15/h4-5,17H,2-3,16H2,1H3,(H,18,19). The molecule has 4 N–H and O–H groups in total. The number of aromatic carboxylic acids is 1. The summed E-state index contributed by atoms with van der Waals surface area (Å²) in [5, 5.41) is 11.4. The van der Waals surface area contributed by atoms with Crippen molar-refractivity contribution >= 4 is 17.6 Å². The third-order valence-corrected chi connectivity index (χ3v) is 2.65. The molecule has 1 rings (SSSR count). The van der Waals surface area contributed by atoms with E-state index < -0.39 is 31.1 Å². The van der Waals surface area contributed by atoms with Crippen LogP contribution in [0.2, 0.25) is 0 Å². The number of benzene rings is 1. The molecule has 0 bridgehead atoms. The van der Waals surface area contributed by atoms with Crippen LogP contribution < -0.4 is 11.2 Å². The number of halogens is 3. The van der Waals surface area contributed by atoms with Crippen molar-refractivity contribution < 1.29 is 32.7 Å². The summed E-state index contributed by atoms with van der Waals surface area (Å²) in [4.78, 5) is 26.5. The Balaban J connectivity index is 3.10. The van der Waals surface area contributed by atoms with Crippen molar-refractivity contribution in [2.75, 3.05) is 11.9 Å². The molecule has 21 heavy (non-hydrogen) atoms. The fourth-order valence-corrected chi connectivity index (χ4v) is 1.66. The molecule has 0 saturated heterocycles. The molecule has 0 saturated carbocycles. The number of carboxylic acids is 1. The Bertz CT molecular complexity index is 558. The van der Waals surface area contributed by atoms with Gasteiger partial charge in [0.05, 0.1) is 17.5 Å². The largest absolute Gasteiger partial charge is 0.478 e. The van der Waals surface area contributed by atoms with Crippen molar-refractivity contribution in [2.45, 2.75) is 19.5 Å². The van der Waals surface area contributed by atoms with Gasteiger partial charge in [-0.25, -0.2) is 9.59 Å². The Hall–Kier alpha value is -2.29. The van der Waals surface area contributed by atoms with E-state index in [1.54, 1.807) is 0 Å². The van der Waals surface area contributed by atoms with E-state index in [9.17, 15) is 22.8 Å². The Morgan fingerprint density at radius 2 is 1.95 bits per heavy atom. The molecule has 9 heteroatoms. The molecule has 0 radical (unpaired) electrons. The lowest BCUT2D eigenvalue weighted by atomic mass is 10.0. The minimum absolute atomic E-state index is 0.0855. The van der Waals surface area contributed by atoms with E-state index >= 15 is 0 Å². The zero-order chi connectivity index (χ0) is 16.2. The molecule has 0 atom stereocenters. The van der Waals surface area contributed by atoms with Crippen LogP contribution in [0.3, 0.4) is 0 Å². The number of hydrogen-bond donors (Lipinski definition) is 3. The molecule has 1 aromatic rings. The number of carbonyl (C=O) groups is 2. The highest BCUT2D eigenvalue weighted by atomic mass is 19.4. The van der Waals surface area contributed by atoms with Gasteiger partial charge < -0.3 is 15.3 Å². The van der Waals surface area contributed by atoms with Crippen molar-refractivity contribution in [3.8, 4) is 0 Å². The van der Waals surface area contributed by atoms with E-state index in [1.807, 2.05) is 0 Å². The van der Waals surface area contributed by atoms with Crippen molar-refractivity contribution in [3.05, 3.63) is 28.8 Å². The molecule has 0 aliphatic heterocycles. The quantitative estimate of drug-likeness (QED) is 0.720. The van der Waals surface area contributed by atoms with E-state index in [4.69, 9.17) is 11.0 Å². The number of nitrogens with one attached hydrogen (secondary N) is 1. The summed E-state index contributed by atoms with van der Waals surface area (Å²) in [6.07, 6.45) is -5.51. The van der Waals surface area contributed by atoms with Crippen LogP contribution in [0.5, 0.6) is 0 Å². The first-order valence-electron chi connectivity index (χ1n) is 5.75. The van der Waals surface area contributed by atoms with Gasteiger partial charge in [0.1, 0.15) is 0 Å². The maximum absolute atomic E-state index is 12.1. The van der Waals surface area contributed by atoms with E-state index in [-0.39, 0.29) is 22.4 Å². The van der Waals surface area contributed by atoms with Gasteiger partial charge in [0.2, 0.25) is 0 Å². The highest BCUT2D eigenvalue weighted by molar-refractivity contribution is 5.99. The van der Waals surface area contributed by atoms with Gasteiger partial charge in [0.15, 0.2) is 0 Å². The molecule has 116 valence electrons. The van der Waals surface area contributed by atoms with Gasteiger partial charge in [-0.05, 0) is 24.6 Å². The molecule has 0 fully saturated rings. The van der Waals surface area contributed by atoms with Crippen LogP contribution in [0, 0.1) is 6.92 Å². The van der Waals surface area contributed by atoms with E-state index in [1.165, 1.54) is 13.0 Å². The molecule has 0 heterocycles. The molecule has 6 nitrogen and oxygen atoms in total. The highest BCUT2D eigenvalue weighted by Gasteiger charge is 2.26.